The largest absolute Gasteiger partial charge is 0.461 e. The molecule has 8 aliphatic rings. The Morgan fingerprint density at radius 1 is 0.889 bits per heavy atom. The third-order valence-corrected chi connectivity index (χ3v) is 10.7. The molecule has 5 saturated heterocycles. The van der Waals surface area contributed by atoms with Gasteiger partial charge < -0.3 is 74.0 Å². The Balaban J connectivity index is 1.10. The average Bonchev–Trinajstić information content (AvgIpc) is 3.21. The van der Waals surface area contributed by atoms with Gasteiger partial charge in [-0.3, -0.25) is 0 Å². The number of carbonyl (C=O) groups excluding carboxylic acids is 1. The van der Waals surface area contributed by atoms with E-state index in [4.69, 9.17) is 33.2 Å². The van der Waals surface area contributed by atoms with E-state index in [2.05, 4.69) is 0 Å². The number of ether oxygens (including phenoxy) is 7. The third kappa shape index (κ3) is 4.33. The lowest BCUT2D eigenvalue weighted by molar-refractivity contribution is -0.425. The van der Waals surface area contributed by atoms with Crippen LogP contribution in [-0.2, 0) is 33.2 Å². The van der Waals surface area contributed by atoms with E-state index in [1.807, 2.05) is 0 Å². The van der Waals surface area contributed by atoms with Gasteiger partial charge in [0.05, 0.1) is 24.2 Å². The second-order valence-corrected chi connectivity index (χ2v) is 13.0. The molecule has 3 saturated carbocycles. The molecule has 8 N–H and O–H groups in total. The minimum Gasteiger partial charge on any atom is -0.461 e. The second-order valence-electron chi connectivity index (χ2n) is 13.0. The number of carbonyl (C=O) groups is 1. The van der Waals surface area contributed by atoms with Crippen molar-refractivity contribution in [1.29, 1.82) is 0 Å². The van der Waals surface area contributed by atoms with Gasteiger partial charge in [-0.2, -0.15) is 0 Å². The Morgan fingerprint density at radius 3 is 2.22 bits per heavy atom. The van der Waals surface area contributed by atoms with Gasteiger partial charge in [0.2, 0.25) is 0 Å². The van der Waals surface area contributed by atoms with Crippen molar-refractivity contribution in [2.75, 3.05) is 19.8 Å². The fraction of sp³-hybridized carbons (Fsp3) is 0.759. The third-order valence-electron chi connectivity index (χ3n) is 10.7. The van der Waals surface area contributed by atoms with E-state index in [0.29, 0.717) is 5.56 Å². The summed E-state index contributed by atoms with van der Waals surface area (Å²) < 4.78 is 41.2. The highest BCUT2D eigenvalue weighted by atomic mass is 16.8. The molecule has 0 radical (unpaired) electrons. The Labute approximate surface area is 256 Å². The number of hydrogen-bond donors (Lipinski definition) is 8. The number of aliphatic hydroxyl groups is 8. The summed E-state index contributed by atoms with van der Waals surface area (Å²) in [4.78, 5) is 12.9. The zero-order valence-corrected chi connectivity index (χ0v) is 24.2. The number of hydrogen-bond acceptors (Lipinski definition) is 16. The van der Waals surface area contributed by atoms with Crippen LogP contribution in [-0.4, -0.2) is 151 Å². The van der Waals surface area contributed by atoms with Crippen molar-refractivity contribution in [3.8, 4) is 0 Å². The van der Waals surface area contributed by atoms with Crippen LogP contribution in [0, 0.1) is 11.3 Å². The number of aliphatic hydroxyl groups excluding tert-OH is 7. The van der Waals surface area contributed by atoms with E-state index in [9.17, 15) is 45.6 Å². The van der Waals surface area contributed by atoms with E-state index in [1.54, 1.807) is 37.3 Å². The van der Waals surface area contributed by atoms with Gasteiger partial charge in [-0.25, -0.2) is 4.79 Å². The first-order valence-electron chi connectivity index (χ1n) is 14.9. The monoisotopic (exact) mass is 642 g/mol. The molecule has 9 rings (SSSR count). The minimum absolute atomic E-state index is 0.00713. The van der Waals surface area contributed by atoms with Crippen molar-refractivity contribution in [2.24, 2.45) is 11.3 Å². The molecule has 6 bridgehead atoms. The first-order valence-corrected chi connectivity index (χ1v) is 14.9. The summed E-state index contributed by atoms with van der Waals surface area (Å²) in [5, 5.41) is 83.7. The zero-order chi connectivity index (χ0) is 32.1. The minimum atomic E-state index is -1.78. The lowest BCUT2D eigenvalue weighted by atomic mass is 9.41. The Morgan fingerprint density at radius 2 is 1.53 bits per heavy atom. The zero-order valence-electron chi connectivity index (χ0n) is 24.2. The first kappa shape index (κ1) is 31.7. The lowest BCUT2D eigenvalue weighted by Crippen LogP contribution is -2.80. The number of esters is 1. The van der Waals surface area contributed by atoms with Crippen LogP contribution in [0.15, 0.2) is 30.3 Å². The molecule has 45 heavy (non-hydrogen) atoms. The van der Waals surface area contributed by atoms with Crippen LogP contribution in [0.2, 0.25) is 0 Å². The van der Waals surface area contributed by atoms with Crippen molar-refractivity contribution < 1.29 is 78.8 Å². The van der Waals surface area contributed by atoms with E-state index in [0.717, 1.165) is 0 Å². The SMILES string of the molecule is CC12CC3(O)OC(O1)C1(COC(=O)c4ccccc4)C3CC21OC1OC(COC2OC(CO)C(O)C(O)C2O)C(O)C(O)C1O. The lowest BCUT2D eigenvalue weighted by Gasteiger charge is -2.67. The molecule has 250 valence electrons. The summed E-state index contributed by atoms with van der Waals surface area (Å²) in [7, 11) is 0. The van der Waals surface area contributed by atoms with Crippen molar-refractivity contribution in [2.45, 2.75) is 104 Å². The molecule has 16 nitrogen and oxygen atoms in total. The summed E-state index contributed by atoms with van der Waals surface area (Å²) in [6.07, 6.45) is -16.8. The van der Waals surface area contributed by atoms with Gasteiger partial charge in [-0.1, -0.05) is 18.2 Å². The Kier molecular flexibility index (Phi) is 7.63. The standard InChI is InChI=1S/C29H38O16/c1-26-10-28(38)15-7-29(26,27(15,25(44-26)45-28)11-40-22(37)12-5-3-2-4-6-12)43-24-21(36)19(34)17(32)14(42-24)9-39-23-20(35)18(33)16(31)13(8-30)41-23/h2-6,13-21,23-25,30-36,38H,7-11H2,1H3. The van der Waals surface area contributed by atoms with Gasteiger partial charge in [0, 0.05) is 12.3 Å². The molecule has 5 heterocycles. The summed E-state index contributed by atoms with van der Waals surface area (Å²) in [5.74, 6) is -2.73. The van der Waals surface area contributed by atoms with Crippen LogP contribution in [0.5, 0.6) is 0 Å². The van der Waals surface area contributed by atoms with Crippen molar-refractivity contribution in [1.82, 2.24) is 0 Å². The fourth-order valence-electron chi connectivity index (χ4n) is 8.26. The molecule has 16 unspecified atom stereocenters. The van der Waals surface area contributed by atoms with Gasteiger partial charge in [-0.15, -0.1) is 0 Å². The van der Waals surface area contributed by atoms with Crippen LogP contribution in [0.1, 0.15) is 30.1 Å². The molecule has 5 aliphatic heterocycles. The fourth-order valence-corrected chi connectivity index (χ4v) is 8.26. The van der Waals surface area contributed by atoms with Crippen molar-refractivity contribution >= 4 is 5.97 Å². The topological polar surface area (TPSA) is 244 Å². The van der Waals surface area contributed by atoms with Gasteiger partial charge >= 0.3 is 5.97 Å². The molecule has 3 aliphatic carbocycles. The van der Waals surface area contributed by atoms with E-state index in [-0.39, 0.29) is 19.4 Å². The molecular weight excluding hydrogens is 604 g/mol. The maximum absolute atomic E-state index is 12.9. The highest BCUT2D eigenvalue weighted by molar-refractivity contribution is 5.89. The van der Waals surface area contributed by atoms with Crippen LogP contribution < -0.4 is 0 Å². The van der Waals surface area contributed by atoms with Crippen LogP contribution in [0.25, 0.3) is 0 Å². The predicted molar refractivity (Wildman–Crippen MR) is 141 cm³/mol. The summed E-state index contributed by atoms with van der Waals surface area (Å²) in [6, 6.07) is 8.33. The van der Waals surface area contributed by atoms with Gasteiger partial charge in [0.15, 0.2) is 24.7 Å². The van der Waals surface area contributed by atoms with Crippen LogP contribution >= 0.6 is 0 Å². The maximum atomic E-state index is 12.9. The Hall–Kier alpha value is -1.87. The van der Waals surface area contributed by atoms with E-state index < -0.39 is 115 Å². The quantitative estimate of drug-likeness (QED) is 0.122. The Bertz CT molecular complexity index is 1280. The van der Waals surface area contributed by atoms with E-state index >= 15 is 0 Å². The van der Waals surface area contributed by atoms with Crippen molar-refractivity contribution in [3.63, 3.8) is 0 Å². The van der Waals surface area contributed by atoms with Crippen molar-refractivity contribution in [3.05, 3.63) is 35.9 Å². The molecule has 8 fully saturated rings. The van der Waals surface area contributed by atoms with Crippen LogP contribution in [0.4, 0.5) is 0 Å². The molecule has 0 spiro atoms. The highest BCUT2D eigenvalue weighted by Crippen LogP contribution is 2.81. The summed E-state index contributed by atoms with van der Waals surface area (Å²) in [5.41, 5.74) is -3.41. The summed E-state index contributed by atoms with van der Waals surface area (Å²) in [6.45, 7) is 0.234. The molecule has 0 amide bonds. The maximum Gasteiger partial charge on any atom is 0.338 e. The molecule has 1 aromatic carbocycles. The number of rotatable bonds is 9. The molecule has 16 heteroatoms. The second kappa shape index (κ2) is 10.8. The predicted octanol–water partition coefficient (Wildman–Crippen LogP) is -3.53. The smallest absolute Gasteiger partial charge is 0.338 e. The molecule has 1 aromatic rings. The van der Waals surface area contributed by atoms with Gasteiger partial charge in [-0.05, 0) is 25.5 Å². The molecule has 0 aromatic heterocycles. The molecule has 16 atom stereocenters. The average molecular weight is 643 g/mol. The van der Waals surface area contributed by atoms with Gasteiger partial charge in [0.1, 0.15) is 66.6 Å². The summed E-state index contributed by atoms with van der Waals surface area (Å²) >= 11 is 0. The van der Waals surface area contributed by atoms with E-state index in [1.165, 1.54) is 0 Å². The number of benzene rings is 1. The van der Waals surface area contributed by atoms with Gasteiger partial charge in [0.25, 0.3) is 0 Å². The normalized spacial score (nSPS) is 52.9. The molecular formula is C29H38O16. The van der Waals surface area contributed by atoms with Crippen LogP contribution in [0.3, 0.4) is 0 Å². The highest BCUT2D eigenvalue weighted by Gasteiger charge is 2.94. The first-order chi connectivity index (χ1) is 21.3.